The molecule has 0 atom stereocenters. The Hall–Kier alpha value is -3.09. The minimum absolute atomic E-state index is 0.0761. The molecule has 116 valence electrons. The molecule has 2 aromatic heterocycles. The molecule has 23 heavy (non-hydrogen) atoms. The molecule has 0 amide bonds. The second kappa shape index (κ2) is 5.96. The highest BCUT2D eigenvalue weighted by molar-refractivity contribution is 5.88. The summed E-state index contributed by atoms with van der Waals surface area (Å²) in [5.74, 6) is 0.358. The average Bonchev–Trinajstić information content (AvgIpc) is 2.54. The molecule has 0 aliphatic carbocycles. The summed E-state index contributed by atoms with van der Waals surface area (Å²) < 4.78 is 5.47. The molecule has 2 heterocycles. The number of nitrogens with zero attached hydrogens (tertiary/aromatic N) is 4. The molecular weight excluding hydrogens is 294 g/mol. The lowest BCUT2D eigenvalue weighted by atomic mass is 10.0. The number of nitrogens with two attached hydrogens (primary N) is 1. The summed E-state index contributed by atoms with van der Waals surface area (Å²) in [5.41, 5.74) is 9.23. The molecule has 0 saturated carbocycles. The number of hydrogen-bond acceptors (Lipinski definition) is 7. The fourth-order valence-electron chi connectivity index (χ4n) is 2.26. The quantitative estimate of drug-likeness (QED) is 0.736. The minimum atomic E-state index is 0.0761. The Bertz CT molecular complexity index is 895. The second-order valence-electron chi connectivity index (χ2n) is 4.96. The van der Waals surface area contributed by atoms with Gasteiger partial charge in [0, 0.05) is 11.1 Å². The molecular formula is C16H15N5O2. The van der Waals surface area contributed by atoms with E-state index >= 15 is 0 Å². The van der Waals surface area contributed by atoms with E-state index in [0.29, 0.717) is 34.6 Å². The van der Waals surface area contributed by atoms with Crippen LogP contribution < -0.4 is 10.5 Å². The van der Waals surface area contributed by atoms with E-state index in [4.69, 9.17) is 10.5 Å². The fraction of sp³-hybridized carbons (Fsp3) is 0.188. The van der Waals surface area contributed by atoms with Gasteiger partial charge in [-0.05, 0) is 19.9 Å². The lowest BCUT2D eigenvalue weighted by molar-refractivity contribution is 0.112. The van der Waals surface area contributed by atoms with Gasteiger partial charge in [0.05, 0.1) is 18.5 Å². The first-order valence-corrected chi connectivity index (χ1v) is 7.11. The summed E-state index contributed by atoms with van der Waals surface area (Å²) in [7, 11) is 0. The number of aryl methyl sites for hydroxylation is 1. The number of aldehydes is 1. The summed E-state index contributed by atoms with van der Waals surface area (Å²) in [5, 5.41) is 0. The number of fused-ring (bicyclic) bond motifs is 1. The zero-order chi connectivity index (χ0) is 16.4. The van der Waals surface area contributed by atoms with Crippen molar-refractivity contribution in [2.45, 2.75) is 13.8 Å². The average molecular weight is 309 g/mol. The van der Waals surface area contributed by atoms with Crippen molar-refractivity contribution >= 4 is 23.4 Å². The third kappa shape index (κ3) is 2.80. The summed E-state index contributed by atoms with van der Waals surface area (Å²) >= 11 is 0. The molecule has 0 unspecified atom stereocenters. The highest BCUT2D eigenvalue weighted by atomic mass is 16.5. The molecule has 0 spiro atoms. The fourth-order valence-corrected chi connectivity index (χ4v) is 2.26. The molecule has 0 bridgehead atoms. The van der Waals surface area contributed by atoms with E-state index < -0.39 is 0 Å². The van der Waals surface area contributed by atoms with Gasteiger partial charge in [-0.25, -0.2) is 9.97 Å². The molecule has 3 aromatic rings. The molecule has 2 N–H and O–H groups in total. The van der Waals surface area contributed by atoms with Crippen LogP contribution in [0.1, 0.15) is 22.8 Å². The summed E-state index contributed by atoms with van der Waals surface area (Å²) in [6, 6.07) is 5.52. The van der Waals surface area contributed by atoms with Gasteiger partial charge < -0.3 is 10.5 Å². The maximum Gasteiger partial charge on any atom is 0.247 e. The molecule has 0 fully saturated rings. The Balaban J connectivity index is 2.24. The van der Waals surface area contributed by atoms with Crippen LogP contribution in [0.4, 0.5) is 5.95 Å². The first-order valence-electron chi connectivity index (χ1n) is 7.11. The third-order valence-corrected chi connectivity index (χ3v) is 3.29. The van der Waals surface area contributed by atoms with E-state index in [0.717, 1.165) is 11.8 Å². The van der Waals surface area contributed by atoms with Gasteiger partial charge >= 0.3 is 0 Å². The maximum atomic E-state index is 11.3. The van der Waals surface area contributed by atoms with Crippen molar-refractivity contribution in [1.29, 1.82) is 0 Å². The van der Waals surface area contributed by atoms with Crippen LogP contribution in [0.15, 0.2) is 24.4 Å². The van der Waals surface area contributed by atoms with E-state index in [1.807, 2.05) is 26.0 Å². The Morgan fingerprint density at radius 3 is 2.83 bits per heavy atom. The monoisotopic (exact) mass is 309 g/mol. The summed E-state index contributed by atoms with van der Waals surface area (Å²) in [6.45, 7) is 4.20. The van der Waals surface area contributed by atoms with Crippen LogP contribution in [0, 0.1) is 6.92 Å². The van der Waals surface area contributed by atoms with Crippen molar-refractivity contribution in [3.63, 3.8) is 0 Å². The van der Waals surface area contributed by atoms with Crippen molar-refractivity contribution < 1.29 is 9.53 Å². The van der Waals surface area contributed by atoms with Crippen LogP contribution in [-0.4, -0.2) is 32.8 Å². The van der Waals surface area contributed by atoms with E-state index in [-0.39, 0.29) is 11.8 Å². The molecule has 3 rings (SSSR count). The van der Waals surface area contributed by atoms with E-state index in [9.17, 15) is 4.79 Å². The summed E-state index contributed by atoms with van der Waals surface area (Å²) in [6.07, 6.45) is 2.36. The maximum absolute atomic E-state index is 11.3. The van der Waals surface area contributed by atoms with Crippen molar-refractivity contribution in [3.05, 3.63) is 35.5 Å². The summed E-state index contributed by atoms with van der Waals surface area (Å²) in [4.78, 5) is 28.2. The van der Waals surface area contributed by atoms with Gasteiger partial charge in [0.2, 0.25) is 11.8 Å². The first kappa shape index (κ1) is 14.8. The number of carbonyl (C=O) groups is 1. The highest BCUT2D eigenvalue weighted by Gasteiger charge is 2.14. The van der Waals surface area contributed by atoms with Gasteiger partial charge in [0.1, 0.15) is 0 Å². The van der Waals surface area contributed by atoms with E-state index in [1.54, 1.807) is 12.3 Å². The second-order valence-corrected chi connectivity index (χ2v) is 4.96. The standard InChI is InChI=1S/C16H15N5O2/c1-3-23-15-13-14(20-16(17)21-15)18-7-12(19-13)11-6-9(2)4-5-10(11)8-22/h4-8H,3H2,1-2H3,(H2,17,18,20,21). The van der Waals surface area contributed by atoms with Crippen LogP contribution in [0.2, 0.25) is 0 Å². The minimum Gasteiger partial charge on any atom is -0.476 e. The van der Waals surface area contributed by atoms with Gasteiger partial charge in [-0.15, -0.1) is 0 Å². The third-order valence-electron chi connectivity index (χ3n) is 3.29. The van der Waals surface area contributed by atoms with Gasteiger partial charge in [0.25, 0.3) is 0 Å². The van der Waals surface area contributed by atoms with Crippen molar-refractivity contribution in [3.8, 4) is 17.1 Å². The van der Waals surface area contributed by atoms with Gasteiger partial charge in [0.15, 0.2) is 17.5 Å². The highest BCUT2D eigenvalue weighted by Crippen LogP contribution is 2.26. The van der Waals surface area contributed by atoms with Gasteiger partial charge in [-0.2, -0.15) is 9.97 Å². The molecule has 0 aliphatic heterocycles. The predicted molar refractivity (Wildman–Crippen MR) is 86.3 cm³/mol. The smallest absolute Gasteiger partial charge is 0.247 e. The molecule has 7 nitrogen and oxygen atoms in total. The molecule has 1 aromatic carbocycles. The molecule has 0 saturated heterocycles. The van der Waals surface area contributed by atoms with Crippen LogP contribution in [0.3, 0.4) is 0 Å². The number of rotatable bonds is 4. The Labute approximate surface area is 132 Å². The van der Waals surface area contributed by atoms with Gasteiger partial charge in [-0.1, -0.05) is 17.7 Å². The molecule has 7 heteroatoms. The number of nitrogen functional groups attached to an aromatic ring is 1. The largest absolute Gasteiger partial charge is 0.476 e. The van der Waals surface area contributed by atoms with Crippen molar-refractivity contribution in [1.82, 2.24) is 19.9 Å². The van der Waals surface area contributed by atoms with Crippen molar-refractivity contribution in [2.24, 2.45) is 0 Å². The first-order chi connectivity index (χ1) is 11.1. The Kier molecular flexibility index (Phi) is 3.84. The normalized spacial score (nSPS) is 10.7. The van der Waals surface area contributed by atoms with Crippen LogP contribution >= 0.6 is 0 Å². The van der Waals surface area contributed by atoms with Crippen LogP contribution in [-0.2, 0) is 0 Å². The predicted octanol–water partition coefficient (Wildman–Crippen LogP) is 2.19. The van der Waals surface area contributed by atoms with Gasteiger partial charge in [-0.3, -0.25) is 4.79 Å². The van der Waals surface area contributed by atoms with E-state index in [2.05, 4.69) is 19.9 Å². The molecule has 0 radical (unpaired) electrons. The number of anilines is 1. The number of carbonyl (C=O) groups excluding carboxylic acids is 1. The van der Waals surface area contributed by atoms with Crippen LogP contribution in [0.25, 0.3) is 22.4 Å². The SMILES string of the molecule is CCOc1nc(N)nc2ncc(-c3cc(C)ccc3C=O)nc12. The number of hydrogen-bond donors (Lipinski definition) is 1. The number of benzene rings is 1. The topological polar surface area (TPSA) is 104 Å². The Morgan fingerprint density at radius 1 is 1.26 bits per heavy atom. The molecule has 0 aliphatic rings. The number of ether oxygens (including phenoxy) is 1. The van der Waals surface area contributed by atoms with Crippen molar-refractivity contribution in [2.75, 3.05) is 12.3 Å². The number of aromatic nitrogens is 4. The zero-order valence-corrected chi connectivity index (χ0v) is 12.8. The lowest BCUT2D eigenvalue weighted by Gasteiger charge is -2.09. The lowest BCUT2D eigenvalue weighted by Crippen LogP contribution is -2.04. The Morgan fingerprint density at radius 2 is 2.09 bits per heavy atom. The zero-order valence-electron chi connectivity index (χ0n) is 12.8. The van der Waals surface area contributed by atoms with Crippen LogP contribution in [0.5, 0.6) is 5.88 Å². The van der Waals surface area contributed by atoms with E-state index in [1.165, 1.54) is 0 Å².